The minimum atomic E-state index is -4.47. The number of nitrogens with zero attached hydrogens (tertiary/aromatic N) is 2. The van der Waals surface area contributed by atoms with E-state index in [0.29, 0.717) is 5.56 Å². The molecule has 1 N–H and O–H groups in total. The molecule has 0 radical (unpaired) electrons. The van der Waals surface area contributed by atoms with Gasteiger partial charge in [-0.15, -0.1) is 0 Å². The third-order valence-electron chi connectivity index (χ3n) is 4.92. The summed E-state index contributed by atoms with van der Waals surface area (Å²) in [6.07, 6.45) is -4.47. The third-order valence-corrected chi connectivity index (χ3v) is 6.60. The van der Waals surface area contributed by atoms with Gasteiger partial charge in [-0.25, -0.2) is 14.4 Å². The van der Waals surface area contributed by atoms with Crippen LogP contribution in [0.3, 0.4) is 0 Å². The van der Waals surface area contributed by atoms with Gasteiger partial charge in [-0.3, -0.25) is 0 Å². The molecule has 0 saturated heterocycles. The number of alkyl halides is 3. The minimum Gasteiger partial charge on any atom is -0.425 e. The average Bonchev–Trinajstić information content (AvgIpc) is 2.75. The lowest BCUT2D eigenvalue weighted by Gasteiger charge is -2.21. The van der Waals surface area contributed by atoms with E-state index in [1.165, 1.54) is 33.3 Å². The normalized spacial score (nSPS) is 12.9. The Hall–Kier alpha value is -2.07. The van der Waals surface area contributed by atoms with E-state index in [1.807, 2.05) is 0 Å². The van der Waals surface area contributed by atoms with Crippen LogP contribution in [0, 0.1) is 19.7 Å². The van der Waals surface area contributed by atoms with E-state index in [1.54, 1.807) is 19.9 Å². The van der Waals surface area contributed by atoms with E-state index in [-0.39, 0.29) is 38.3 Å². The second-order valence-electron chi connectivity index (χ2n) is 7.08. The van der Waals surface area contributed by atoms with Crippen LogP contribution in [0.5, 0.6) is 5.75 Å². The van der Waals surface area contributed by atoms with Crippen molar-refractivity contribution in [2.24, 2.45) is 0 Å². The predicted molar refractivity (Wildman–Crippen MR) is 122 cm³/mol. The number of halogens is 5. The van der Waals surface area contributed by atoms with Gasteiger partial charge in [-0.2, -0.15) is 13.2 Å². The molecule has 0 aliphatic carbocycles. The largest absolute Gasteiger partial charge is 0.425 e. The molecular weight excluding hydrogens is 529 g/mol. The third kappa shape index (κ3) is 5.37. The molecule has 1 aromatic heterocycles. The maximum absolute atomic E-state index is 15.1. The van der Waals surface area contributed by atoms with Crippen LogP contribution < -0.4 is 9.84 Å². The molecule has 0 bridgehead atoms. The van der Waals surface area contributed by atoms with Gasteiger partial charge in [0.2, 0.25) is 0 Å². The van der Waals surface area contributed by atoms with Gasteiger partial charge < -0.3 is 18.9 Å². The van der Waals surface area contributed by atoms with Gasteiger partial charge in [-0.05, 0) is 60.0 Å². The molecule has 0 amide bonds. The van der Waals surface area contributed by atoms with Crippen LogP contribution in [0.25, 0.3) is 10.9 Å². The monoisotopic (exact) mass is 549 g/mol. The molecular formula is C21H21BrF4N3O3P. The summed E-state index contributed by atoms with van der Waals surface area (Å²) in [5.41, 5.74) is -0.152. The van der Waals surface area contributed by atoms with Crippen LogP contribution in [0.2, 0.25) is 0 Å². The van der Waals surface area contributed by atoms with Gasteiger partial charge in [0.1, 0.15) is 22.9 Å². The Labute approximate surface area is 197 Å². The fraction of sp³-hybridized carbons (Fsp3) is 0.333. The summed E-state index contributed by atoms with van der Waals surface area (Å²) in [5.74, 6) is -0.0417. The Balaban J connectivity index is 2.09. The summed E-state index contributed by atoms with van der Waals surface area (Å²) >= 11 is 3.17. The molecule has 12 heteroatoms. The standard InChI is InChI=1S/C21H21BrF4N3O3P/c1-10-13(7-6-8-15(10)21(24,25)26)11(2)27-20-14-9-16(32-33(30-4)31-5)17(22)18(23)19(14)28-12(3)29-20/h6-9,11H,1-5H3,(H,27,28,29). The highest BCUT2D eigenvalue weighted by molar-refractivity contribution is 9.10. The van der Waals surface area contributed by atoms with Crippen molar-refractivity contribution in [1.82, 2.24) is 9.97 Å². The molecule has 0 spiro atoms. The Morgan fingerprint density at radius 3 is 2.39 bits per heavy atom. The average molecular weight is 550 g/mol. The summed E-state index contributed by atoms with van der Waals surface area (Å²) in [6.45, 7) is 4.71. The Morgan fingerprint density at radius 2 is 1.79 bits per heavy atom. The number of aryl methyl sites for hydroxylation is 1. The van der Waals surface area contributed by atoms with Crippen molar-refractivity contribution in [3.8, 4) is 5.75 Å². The van der Waals surface area contributed by atoms with Crippen LogP contribution in [0.15, 0.2) is 28.7 Å². The van der Waals surface area contributed by atoms with E-state index < -0.39 is 32.2 Å². The van der Waals surface area contributed by atoms with Crippen LogP contribution in [0.1, 0.15) is 35.5 Å². The first kappa shape index (κ1) is 25.6. The Kier molecular flexibility index (Phi) is 7.78. The smallest absolute Gasteiger partial charge is 0.416 e. The first-order valence-corrected chi connectivity index (χ1v) is 11.5. The van der Waals surface area contributed by atoms with E-state index >= 15 is 4.39 Å². The molecule has 1 atom stereocenters. The lowest BCUT2D eigenvalue weighted by Crippen LogP contribution is -2.14. The highest BCUT2D eigenvalue weighted by Crippen LogP contribution is 2.45. The second kappa shape index (κ2) is 10.0. The number of aromatic nitrogens is 2. The van der Waals surface area contributed by atoms with Crippen molar-refractivity contribution in [3.63, 3.8) is 0 Å². The van der Waals surface area contributed by atoms with Crippen LogP contribution in [-0.2, 0) is 15.2 Å². The summed E-state index contributed by atoms with van der Waals surface area (Å²) in [5, 5.41) is 3.39. The molecule has 0 aliphatic heterocycles. The molecule has 1 heterocycles. The number of benzene rings is 2. The topological polar surface area (TPSA) is 65.5 Å². The van der Waals surface area contributed by atoms with Gasteiger partial charge in [0.05, 0.1) is 16.1 Å². The number of hydrogen-bond donors (Lipinski definition) is 1. The summed E-state index contributed by atoms with van der Waals surface area (Å²) in [6, 6.07) is 4.94. The fourth-order valence-corrected chi connectivity index (χ4v) is 4.52. The van der Waals surface area contributed by atoms with E-state index in [9.17, 15) is 13.2 Å². The van der Waals surface area contributed by atoms with E-state index in [4.69, 9.17) is 13.6 Å². The van der Waals surface area contributed by atoms with Crippen molar-refractivity contribution >= 4 is 41.3 Å². The zero-order chi connectivity index (χ0) is 24.5. The van der Waals surface area contributed by atoms with Crippen LogP contribution in [0.4, 0.5) is 23.4 Å². The fourth-order valence-electron chi connectivity index (χ4n) is 3.41. The van der Waals surface area contributed by atoms with Crippen molar-refractivity contribution < 1.29 is 31.1 Å². The summed E-state index contributed by atoms with van der Waals surface area (Å²) < 4.78 is 71.0. The maximum Gasteiger partial charge on any atom is 0.416 e. The van der Waals surface area contributed by atoms with Crippen LogP contribution >= 0.6 is 24.5 Å². The molecule has 0 fully saturated rings. The molecule has 3 aromatic rings. The zero-order valence-corrected chi connectivity index (χ0v) is 20.8. The Bertz CT molecular complexity index is 1180. The second-order valence-corrected chi connectivity index (χ2v) is 9.23. The molecule has 3 rings (SSSR count). The van der Waals surface area contributed by atoms with E-state index in [0.717, 1.165) is 6.07 Å². The molecule has 0 aliphatic rings. The number of anilines is 1. The van der Waals surface area contributed by atoms with Crippen LogP contribution in [-0.4, -0.2) is 24.2 Å². The summed E-state index contributed by atoms with van der Waals surface area (Å²) in [7, 11) is 1.01. The number of fused-ring (bicyclic) bond motifs is 1. The SMILES string of the molecule is COP(OC)Oc1cc2c(NC(C)c3cccc(C(F)(F)F)c3C)nc(C)nc2c(F)c1Br. The van der Waals surface area contributed by atoms with Gasteiger partial charge in [0, 0.05) is 19.6 Å². The van der Waals surface area contributed by atoms with Crippen molar-refractivity contribution in [2.75, 3.05) is 19.5 Å². The summed E-state index contributed by atoms with van der Waals surface area (Å²) in [4.78, 5) is 8.54. The van der Waals surface area contributed by atoms with Gasteiger partial charge in [0.15, 0.2) is 5.82 Å². The van der Waals surface area contributed by atoms with Gasteiger partial charge in [0.25, 0.3) is 0 Å². The number of hydrogen-bond acceptors (Lipinski definition) is 6. The molecule has 2 aromatic carbocycles. The molecule has 1 unspecified atom stereocenters. The number of rotatable bonds is 7. The number of nitrogens with one attached hydrogen (secondary N) is 1. The predicted octanol–water partition coefficient (Wildman–Crippen LogP) is 7.24. The molecule has 178 valence electrons. The lowest BCUT2D eigenvalue weighted by atomic mass is 9.97. The van der Waals surface area contributed by atoms with E-state index in [2.05, 4.69) is 31.2 Å². The van der Waals surface area contributed by atoms with Crippen molar-refractivity contribution in [1.29, 1.82) is 0 Å². The quantitative estimate of drug-likeness (QED) is 0.247. The first-order chi connectivity index (χ1) is 15.5. The maximum atomic E-state index is 15.1. The highest BCUT2D eigenvalue weighted by Gasteiger charge is 2.33. The van der Waals surface area contributed by atoms with Gasteiger partial charge >= 0.3 is 14.8 Å². The van der Waals surface area contributed by atoms with Gasteiger partial charge in [-0.1, -0.05) is 12.1 Å². The first-order valence-electron chi connectivity index (χ1n) is 9.63. The minimum absolute atomic E-state index is 0.0244. The molecule has 0 saturated carbocycles. The zero-order valence-electron chi connectivity index (χ0n) is 18.3. The highest BCUT2D eigenvalue weighted by atomic mass is 79.9. The lowest BCUT2D eigenvalue weighted by molar-refractivity contribution is -0.138. The van der Waals surface area contributed by atoms with Crippen molar-refractivity contribution in [2.45, 2.75) is 33.0 Å². The molecule has 6 nitrogen and oxygen atoms in total. The van der Waals surface area contributed by atoms with Crippen molar-refractivity contribution in [3.05, 3.63) is 57.1 Å². The Morgan fingerprint density at radius 1 is 1.12 bits per heavy atom. The molecule has 33 heavy (non-hydrogen) atoms.